The predicted molar refractivity (Wildman–Crippen MR) is 116 cm³/mol. The SMILES string of the molecule is O=C(Nc1nnc2c(n1)[nH]c1ccc(S(=O)(=O)N3CCCCC3)cc12)c1ccccc1F. The Labute approximate surface area is 182 Å². The number of nitrogens with zero attached hydrogens (tertiary/aromatic N) is 4. The van der Waals surface area contributed by atoms with Crippen molar-refractivity contribution in [3.63, 3.8) is 0 Å². The highest BCUT2D eigenvalue weighted by atomic mass is 32.2. The maximum atomic E-state index is 13.8. The number of H-pyrrole nitrogens is 1. The number of carbonyl (C=O) groups is 1. The molecule has 0 spiro atoms. The number of fused-ring (bicyclic) bond motifs is 3. The number of benzene rings is 2. The number of sulfonamides is 1. The van der Waals surface area contributed by atoms with Crippen LogP contribution in [0.3, 0.4) is 0 Å². The molecule has 4 aromatic rings. The summed E-state index contributed by atoms with van der Waals surface area (Å²) in [5, 5.41) is 11.0. The van der Waals surface area contributed by atoms with Crippen molar-refractivity contribution in [2.45, 2.75) is 24.2 Å². The maximum absolute atomic E-state index is 13.8. The molecule has 3 heterocycles. The Hall–Kier alpha value is -3.44. The summed E-state index contributed by atoms with van der Waals surface area (Å²) in [6.07, 6.45) is 2.74. The van der Waals surface area contributed by atoms with Crippen LogP contribution < -0.4 is 5.32 Å². The van der Waals surface area contributed by atoms with Crippen molar-refractivity contribution < 1.29 is 17.6 Å². The molecule has 0 bridgehead atoms. The number of amides is 1. The van der Waals surface area contributed by atoms with Crippen molar-refractivity contribution in [2.24, 2.45) is 0 Å². The van der Waals surface area contributed by atoms with E-state index in [9.17, 15) is 17.6 Å². The molecule has 1 amide bonds. The highest BCUT2D eigenvalue weighted by molar-refractivity contribution is 7.89. The van der Waals surface area contributed by atoms with Crippen LogP contribution in [-0.2, 0) is 10.0 Å². The average molecular weight is 454 g/mol. The van der Waals surface area contributed by atoms with Gasteiger partial charge in [-0.05, 0) is 43.2 Å². The van der Waals surface area contributed by atoms with E-state index in [4.69, 9.17) is 0 Å². The van der Waals surface area contributed by atoms with Crippen molar-refractivity contribution in [1.29, 1.82) is 0 Å². The third-order valence-electron chi connectivity index (χ3n) is 5.48. The van der Waals surface area contributed by atoms with Crippen molar-refractivity contribution in [1.82, 2.24) is 24.5 Å². The lowest BCUT2D eigenvalue weighted by molar-refractivity contribution is 0.102. The molecule has 2 aromatic heterocycles. The first-order valence-corrected chi connectivity index (χ1v) is 11.6. The lowest BCUT2D eigenvalue weighted by atomic mass is 10.2. The summed E-state index contributed by atoms with van der Waals surface area (Å²) >= 11 is 0. The molecule has 2 N–H and O–H groups in total. The first-order valence-electron chi connectivity index (χ1n) is 10.2. The Morgan fingerprint density at radius 1 is 1.06 bits per heavy atom. The van der Waals surface area contributed by atoms with Gasteiger partial charge in [0.1, 0.15) is 11.3 Å². The lowest BCUT2D eigenvalue weighted by Gasteiger charge is -2.25. The molecule has 5 rings (SSSR count). The quantitative estimate of drug-likeness (QED) is 0.489. The second kappa shape index (κ2) is 7.92. The van der Waals surface area contributed by atoms with E-state index in [0.29, 0.717) is 35.2 Å². The standard InChI is InChI=1S/C21H19FN6O3S/c22-16-7-3-2-6-14(16)20(29)25-21-24-19-18(26-27-21)15-12-13(8-9-17(15)23-19)32(30,31)28-10-4-1-5-11-28/h2-3,6-9,12H,1,4-5,10-11H2,(H2,23,24,25,27,29). The Bertz CT molecular complexity index is 1450. The van der Waals surface area contributed by atoms with E-state index >= 15 is 0 Å². The molecule has 1 aliphatic rings. The summed E-state index contributed by atoms with van der Waals surface area (Å²) in [7, 11) is -3.60. The summed E-state index contributed by atoms with van der Waals surface area (Å²) in [5.74, 6) is -1.46. The van der Waals surface area contributed by atoms with Gasteiger partial charge < -0.3 is 4.98 Å². The fourth-order valence-electron chi connectivity index (χ4n) is 3.83. The highest BCUT2D eigenvalue weighted by Gasteiger charge is 2.26. The molecule has 0 atom stereocenters. The first-order chi connectivity index (χ1) is 15.4. The number of hydrogen-bond acceptors (Lipinski definition) is 6. The predicted octanol–water partition coefficient (Wildman–Crippen LogP) is 3.07. The first kappa shape index (κ1) is 20.5. The van der Waals surface area contributed by atoms with Crippen LogP contribution in [-0.4, -0.2) is 51.9 Å². The normalized spacial score (nSPS) is 15.3. The number of nitrogens with one attached hydrogen (secondary N) is 2. The largest absolute Gasteiger partial charge is 0.338 e. The molecule has 0 saturated carbocycles. The molecule has 9 nitrogen and oxygen atoms in total. The van der Waals surface area contributed by atoms with Crippen LogP contribution in [0.25, 0.3) is 22.1 Å². The van der Waals surface area contributed by atoms with Crippen molar-refractivity contribution in [2.75, 3.05) is 18.4 Å². The Morgan fingerprint density at radius 2 is 1.84 bits per heavy atom. The minimum absolute atomic E-state index is 0.0986. The molecule has 1 aliphatic heterocycles. The Kier molecular flexibility index (Phi) is 5.06. The van der Waals surface area contributed by atoms with E-state index in [1.165, 1.54) is 22.5 Å². The van der Waals surface area contributed by atoms with Gasteiger partial charge in [-0.25, -0.2) is 12.8 Å². The Morgan fingerprint density at radius 3 is 2.62 bits per heavy atom. The number of aromatic amines is 1. The van der Waals surface area contributed by atoms with Gasteiger partial charge >= 0.3 is 0 Å². The zero-order valence-electron chi connectivity index (χ0n) is 16.9. The van der Waals surface area contributed by atoms with Crippen LogP contribution >= 0.6 is 0 Å². The molecular weight excluding hydrogens is 435 g/mol. The van der Waals surface area contributed by atoms with E-state index in [1.807, 2.05) is 0 Å². The molecule has 164 valence electrons. The topological polar surface area (TPSA) is 121 Å². The molecule has 32 heavy (non-hydrogen) atoms. The van der Waals surface area contributed by atoms with Crippen LogP contribution in [0.5, 0.6) is 0 Å². The maximum Gasteiger partial charge on any atom is 0.261 e. The summed E-state index contributed by atoms with van der Waals surface area (Å²) in [5.41, 5.74) is 1.20. The molecule has 0 unspecified atom stereocenters. The molecule has 1 saturated heterocycles. The lowest BCUT2D eigenvalue weighted by Crippen LogP contribution is -2.35. The smallest absolute Gasteiger partial charge is 0.261 e. The van der Waals surface area contributed by atoms with E-state index in [-0.39, 0.29) is 16.4 Å². The van der Waals surface area contributed by atoms with Crippen LogP contribution in [0.4, 0.5) is 10.3 Å². The molecule has 2 aromatic carbocycles. The third kappa shape index (κ3) is 3.59. The van der Waals surface area contributed by atoms with Crippen molar-refractivity contribution in [3.8, 4) is 0 Å². The van der Waals surface area contributed by atoms with E-state index in [0.717, 1.165) is 19.3 Å². The number of aromatic nitrogens is 4. The summed E-state index contributed by atoms with van der Waals surface area (Å²) in [6.45, 7) is 1.03. The Balaban J connectivity index is 1.48. The van der Waals surface area contributed by atoms with Crippen LogP contribution in [0, 0.1) is 5.82 Å². The van der Waals surface area contributed by atoms with Gasteiger partial charge in [0.05, 0.1) is 10.5 Å². The minimum atomic E-state index is -3.60. The van der Waals surface area contributed by atoms with E-state index in [1.54, 1.807) is 24.3 Å². The second-order valence-corrected chi connectivity index (χ2v) is 9.50. The van der Waals surface area contributed by atoms with Crippen LogP contribution in [0.1, 0.15) is 29.6 Å². The number of carbonyl (C=O) groups excluding carboxylic acids is 1. The second-order valence-electron chi connectivity index (χ2n) is 7.56. The zero-order chi connectivity index (χ0) is 22.3. The fourth-order valence-corrected chi connectivity index (χ4v) is 5.38. The third-order valence-corrected chi connectivity index (χ3v) is 7.38. The molecular formula is C21H19FN6O3S. The van der Waals surface area contributed by atoms with Gasteiger partial charge in [-0.2, -0.15) is 9.29 Å². The summed E-state index contributed by atoms with van der Waals surface area (Å²) in [4.78, 5) is 19.8. The number of anilines is 1. The van der Waals surface area contributed by atoms with Gasteiger partial charge in [-0.3, -0.25) is 10.1 Å². The molecule has 0 aliphatic carbocycles. The molecule has 1 fully saturated rings. The van der Waals surface area contributed by atoms with Gasteiger partial charge in [0, 0.05) is 24.0 Å². The van der Waals surface area contributed by atoms with Gasteiger partial charge in [0.15, 0.2) is 5.65 Å². The van der Waals surface area contributed by atoms with Gasteiger partial charge in [-0.15, -0.1) is 10.2 Å². The number of hydrogen-bond donors (Lipinski definition) is 2. The highest BCUT2D eigenvalue weighted by Crippen LogP contribution is 2.28. The molecule has 11 heteroatoms. The number of piperidine rings is 1. The zero-order valence-corrected chi connectivity index (χ0v) is 17.7. The van der Waals surface area contributed by atoms with Crippen molar-refractivity contribution in [3.05, 3.63) is 53.8 Å². The van der Waals surface area contributed by atoms with E-state index < -0.39 is 21.7 Å². The van der Waals surface area contributed by atoms with Crippen molar-refractivity contribution >= 4 is 43.9 Å². The van der Waals surface area contributed by atoms with Crippen LogP contribution in [0.15, 0.2) is 47.4 Å². The monoisotopic (exact) mass is 454 g/mol. The van der Waals surface area contributed by atoms with Gasteiger partial charge in [0.2, 0.25) is 10.0 Å². The number of rotatable bonds is 4. The fraction of sp³-hybridized carbons (Fsp3) is 0.238. The summed E-state index contributed by atoms with van der Waals surface area (Å²) in [6, 6.07) is 10.3. The van der Waals surface area contributed by atoms with E-state index in [2.05, 4.69) is 25.5 Å². The van der Waals surface area contributed by atoms with Gasteiger partial charge in [0.25, 0.3) is 11.9 Å². The minimum Gasteiger partial charge on any atom is -0.338 e. The average Bonchev–Trinajstić information content (AvgIpc) is 3.17. The number of halogens is 1. The van der Waals surface area contributed by atoms with Gasteiger partial charge in [-0.1, -0.05) is 18.6 Å². The van der Waals surface area contributed by atoms with Crippen LogP contribution in [0.2, 0.25) is 0 Å². The summed E-state index contributed by atoms with van der Waals surface area (Å²) < 4.78 is 41.4. The molecule has 0 radical (unpaired) electrons.